The van der Waals surface area contributed by atoms with Gasteiger partial charge in [0.15, 0.2) is 0 Å². The SMILES string of the molecule is CC(C)(C)OC(=O)NC(CCCCNC(=O)OC(F)(F)F)C(=O)O. The molecule has 11 heteroatoms. The first-order valence-corrected chi connectivity index (χ1v) is 7.06. The molecule has 0 heterocycles. The Bertz CT molecular complexity index is 448. The molecular formula is C13H21F3N2O6. The van der Waals surface area contributed by atoms with Gasteiger partial charge in [0.2, 0.25) is 0 Å². The fourth-order valence-electron chi connectivity index (χ4n) is 1.51. The van der Waals surface area contributed by atoms with E-state index in [0.29, 0.717) is 0 Å². The number of aliphatic carboxylic acids is 1. The van der Waals surface area contributed by atoms with Gasteiger partial charge in [-0.25, -0.2) is 14.4 Å². The van der Waals surface area contributed by atoms with Gasteiger partial charge in [-0.05, 0) is 40.0 Å². The monoisotopic (exact) mass is 358 g/mol. The van der Waals surface area contributed by atoms with Gasteiger partial charge in [-0.1, -0.05) is 0 Å². The number of rotatable bonds is 7. The van der Waals surface area contributed by atoms with Gasteiger partial charge < -0.3 is 25.2 Å². The zero-order chi connectivity index (χ0) is 19.0. The Kier molecular flexibility index (Phi) is 8.34. The van der Waals surface area contributed by atoms with Crippen molar-refractivity contribution in [2.45, 2.75) is 58.0 Å². The lowest BCUT2D eigenvalue weighted by Gasteiger charge is -2.22. The van der Waals surface area contributed by atoms with E-state index in [0.717, 1.165) is 0 Å². The number of carbonyl (C=O) groups excluding carboxylic acids is 2. The second-order valence-corrected chi connectivity index (χ2v) is 5.79. The summed E-state index contributed by atoms with van der Waals surface area (Å²) in [5.41, 5.74) is -0.782. The molecule has 0 aromatic carbocycles. The number of hydrogen-bond acceptors (Lipinski definition) is 5. The number of nitrogens with one attached hydrogen (secondary N) is 2. The average molecular weight is 358 g/mol. The van der Waals surface area contributed by atoms with Crippen LogP contribution in [-0.2, 0) is 14.3 Å². The summed E-state index contributed by atoms with van der Waals surface area (Å²) in [6.07, 6.45) is -7.13. The molecule has 0 saturated carbocycles. The van der Waals surface area contributed by atoms with Crippen LogP contribution < -0.4 is 10.6 Å². The van der Waals surface area contributed by atoms with Crippen molar-refractivity contribution >= 4 is 18.2 Å². The number of carbonyl (C=O) groups is 3. The summed E-state index contributed by atoms with van der Waals surface area (Å²) in [6.45, 7) is 4.73. The van der Waals surface area contributed by atoms with Crippen LogP contribution in [0.25, 0.3) is 0 Å². The van der Waals surface area contributed by atoms with Crippen LogP contribution in [-0.4, -0.2) is 47.8 Å². The Morgan fingerprint density at radius 2 is 1.62 bits per heavy atom. The van der Waals surface area contributed by atoms with Crippen molar-refractivity contribution in [3.63, 3.8) is 0 Å². The van der Waals surface area contributed by atoms with E-state index >= 15 is 0 Å². The summed E-state index contributed by atoms with van der Waals surface area (Å²) in [6, 6.07) is -1.21. The number of ether oxygens (including phenoxy) is 2. The van der Waals surface area contributed by atoms with Crippen LogP contribution in [0.1, 0.15) is 40.0 Å². The van der Waals surface area contributed by atoms with Gasteiger partial charge in [0, 0.05) is 6.54 Å². The number of alkyl carbamates (subject to hydrolysis) is 2. The zero-order valence-corrected chi connectivity index (χ0v) is 13.5. The minimum atomic E-state index is -5.06. The second-order valence-electron chi connectivity index (χ2n) is 5.79. The van der Waals surface area contributed by atoms with Crippen molar-refractivity contribution < 1.29 is 42.1 Å². The molecule has 0 rings (SSSR count). The minimum absolute atomic E-state index is 0.0184. The number of carboxylic acids is 1. The van der Waals surface area contributed by atoms with E-state index in [4.69, 9.17) is 9.84 Å². The third-order valence-corrected chi connectivity index (χ3v) is 2.39. The quantitative estimate of drug-likeness (QED) is 0.602. The predicted molar refractivity (Wildman–Crippen MR) is 75.2 cm³/mol. The fourth-order valence-corrected chi connectivity index (χ4v) is 1.51. The van der Waals surface area contributed by atoms with E-state index in [2.05, 4.69) is 10.1 Å². The summed E-state index contributed by atoms with van der Waals surface area (Å²) in [5.74, 6) is -1.27. The normalized spacial score (nSPS) is 12.9. The van der Waals surface area contributed by atoms with E-state index in [1.165, 1.54) is 0 Å². The van der Waals surface area contributed by atoms with Gasteiger partial charge in [-0.15, -0.1) is 13.2 Å². The van der Waals surface area contributed by atoms with E-state index in [1.807, 2.05) is 5.32 Å². The highest BCUT2D eigenvalue weighted by molar-refractivity contribution is 5.79. The molecule has 0 radical (unpaired) electrons. The predicted octanol–water partition coefficient (Wildman–Crippen LogP) is 2.38. The molecule has 0 spiro atoms. The maximum atomic E-state index is 11.7. The van der Waals surface area contributed by atoms with Crippen LogP contribution in [0.5, 0.6) is 0 Å². The molecule has 0 aromatic heterocycles. The lowest BCUT2D eigenvalue weighted by atomic mass is 10.1. The molecule has 0 aliphatic heterocycles. The number of amides is 2. The van der Waals surface area contributed by atoms with Crippen LogP contribution in [0.4, 0.5) is 22.8 Å². The lowest BCUT2D eigenvalue weighted by molar-refractivity contribution is -0.291. The Morgan fingerprint density at radius 1 is 1.04 bits per heavy atom. The van der Waals surface area contributed by atoms with Gasteiger partial charge in [0.05, 0.1) is 0 Å². The zero-order valence-electron chi connectivity index (χ0n) is 13.5. The third-order valence-electron chi connectivity index (χ3n) is 2.39. The topological polar surface area (TPSA) is 114 Å². The Hall–Kier alpha value is -2.20. The molecule has 8 nitrogen and oxygen atoms in total. The van der Waals surface area contributed by atoms with Crippen molar-refractivity contribution in [3.05, 3.63) is 0 Å². The highest BCUT2D eigenvalue weighted by atomic mass is 19.4. The molecule has 0 saturated heterocycles. The fraction of sp³-hybridized carbons (Fsp3) is 0.769. The number of hydrogen-bond donors (Lipinski definition) is 3. The maximum absolute atomic E-state index is 11.7. The Labute approximate surface area is 136 Å². The molecule has 0 aliphatic carbocycles. The van der Waals surface area contributed by atoms with Gasteiger partial charge >= 0.3 is 24.5 Å². The molecule has 3 N–H and O–H groups in total. The number of alkyl halides is 3. The molecule has 2 amide bonds. The summed E-state index contributed by atoms with van der Waals surface area (Å²) in [4.78, 5) is 33.3. The highest BCUT2D eigenvalue weighted by Crippen LogP contribution is 2.15. The molecule has 24 heavy (non-hydrogen) atoms. The highest BCUT2D eigenvalue weighted by Gasteiger charge is 2.33. The Balaban J connectivity index is 4.09. The van der Waals surface area contributed by atoms with Crippen LogP contribution >= 0.6 is 0 Å². The molecule has 0 bridgehead atoms. The summed E-state index contributed by atoms with van der Waals surface area (Å²) in [7, 11) is 0. The van der Waals surface area contributed by atoms with Gasteiger partial charge in [-0.2, -0.15) is 0 Å². The first kappa shape index (κ1) is 21.8. The van der Waals surface area contributed by atoms with Gasteiger partial charge in [-0.3, -0.25) is 0 Å². The largest absolute Gasteiger partial charge is 0.576 e. The van der Waals surface area contributed by atoms with Crippen LogP contribution in [0, 0.1) is 0 Å². The average Bonchev–Trinajstić information content (AvgIpc) is 2.32. The van der Waals surface area contributed by atoms with E-state index in [1.54, 1.807) is 20.8 Å². The lowest BCUT2D eigenvalue weighted by Crippen LogP contribution is -2.43. The smallest absolute Gasteiger partial charge is 0.480 e. The number of unbranched alkanes of at least 4 members (excludes halogenated alkanes) is 1. The van der Waals surface area contributed by atoms with Crippen molar-refractivity contribution in [2.75, 3.05) is 6.54 Å². The standard InChI is InChI=1S/C13H21F3N2O6/c1-12(2,3)23-11(22)18-8(9(19)20)6-4-5-7-17-10(21)24-13(14,15)16/h8H,4-7H2,1-3H3,(H,17,21)(H,18,22)(H,19,20). The summed E-state index contributed by atoms with van der Waals surface area (Å²) in [5, 5.41) is 13.1. The first-order chi connectivity index (χ1) is 10.8. The maximum Gasteiger partial charge on any atom is 0.576 e. The van der Waals surface area contributed by atoms with Crippen LogP contribution in [0.3, 0.4) is 0 Å². The van der Waals surface area contributed by atoms with E-state index in [-0.39, 0.29) is 25.8 Å². The number of halogens is 3. The molecule has 0 fully saturated rings. The van der Waals surface area contributed by atoms with Crippen molar-refractivity contribution in [1.29, 1.82) is 0 Å². The third kappa shape index (κ3) is 12.4. The van der Waals surface area contributed by atoms with Crippen molar-refractivity contribution in [3.8, 4) is 0 Å². The van der Waals surface area contributed by atoms with Crippen molar-refractivity contribution in [1.82, 2.24) is 10.6 Å². The second kappa shape index (κ2) is 9.18. The molecule has 0 aromatic rings. The molecule has 1 atom stereocenters. The molecule has 0 aliphatic rings. The summed E-state index contributed by atoms with van der Waals surface area (Å²) >= 11 is 0. The minimum Gasteiger partial charge on any atom is -0.480 e. The summed E-state index contributed by atoms with van der Waals surface area (Å²) < 4.78 is 43.2. The van der Waals surface area contributed by atoms with Gasteiger partial charge in [0.25, 0.3) is 0 Å². The molecular weight excluding hydrogens is 337 g/mol. The molecule has 140 valence electrons. The van der Waals surface area contributed by atoms with Gasteiger partial charge in [0.1, 0.15) is 11.6 Å². The Morgan fingerprint density at radius 3 is 2.08 bits per heavy atom. The van der Waals surface area contributed by atoms with Crippen LogP contribution in [0.15, 0.2) is 0 Å². The van der Waals surface area contributed by atoms with E-state index < -0.39 is 36.2 Å². The van der Waals surface area contributed by atoms with E-state index in [9.17, 15) is 27.6 Å². The first-order valence-electron chi connectivity index (χ1n) is 7.06. The van der Waals surface area contributed by atoms with Crippen molar-refractivity contribution in [2.24, 2.45) is 0 Å². The number of carboxylic acid groups (broad SMARTS) is 1. The molecule has 1 unspecified atom stereocenters. The van der Waals surface area contributed by atoms with Crippen LogP contribution in [0.2, 0.25) is 0 Å².